The van der Waals surface area contributed by atoms with Gasteiger partial charge >= 0.3 is 17.9 Å². The van der Waals surface area contributed by atoms with Crippen molar-refractivity contribution in [1.82, 2.24) is 0 Å². The normalized spacial score (nSPS) is 30.3. The third-order valence-electron chi connectivity index (χ3n) is 2.54. The quantitative estimate of drug-likeness (QED) is 0.548. The van der Waals surface area contributed by atoms with Crippen molar-refractivity contribution in [2.45, 2.75) is 58.7 Å². The maximum absolute atomic E-state index is 11.1. The third-order valence-corrected chi connectivity index (χ3v) is 2.54. The van der Waals surface area contributed by atoms with Crippen LogP contribution in [0.3, 0.4) is 0 Å². The Morgan fingerprint density at radius 2 is 1.47 bits per heavy atom. The highest BCUT2D eigenvalue weighted by Gasteiger charge is 2.42. The molecule has 1 saturated heterocycles. The van der Waals surface area contributed by atoms with E-state index in [2.05, 4.69) is 0 Å². The first kappa shape index (κ1) is 15.4. The van der Waals surface area contributed by atoms with Gasteiger partial charge in [-0.1, -0.05) is 0 Å². The summed E-state index contributed by atoms with van der Waals surface area (Å²) in [5.74, 6) is -1.49. The van der Waals surface area contributed by atoms with Gasteiger partial charge in [0.1, 0.15) is 6.10 Å². The van der Waals surface area contributed by atoms with Crippen LogP contribution in [0, 0.1) is 0 Å². The Hall–Kier alpha value is -1.63. The predicted molar refractivity (Wildman–Crippen MR) is 61.8 cm³/mol. The maximum Gasteiger partial charge on any atom is 0.304 e. The molecule has 0 aliphatic carbocycles. The molecule has 0 radical (unpaired) electrons. The van der Waals surface area contributed by atoms with Crippen LogP contribution in [0.5, 0.6) is 0 Å². The first-order valence-electron chi connectivity index (χ1n) is 5.96. The van der Waals surface area contributed by atoms with Crippen molar-refractivity contribution in [1.29, 1.82) is 0 Å². The fourth-order valence-corrected chi connectivity index (χ4v) is 1.95. The average molecular weight is 274 g/mol. The van der Waals surface area contributed by atoms with Gasteiger partial charge in [0.05, 0.1) is 12.5 Å². The number of carbonyl (C=O) groups is 3. The van der Waals surface area contributed by atoms with E-state index < -0.39 is 42.5 Å². The molecule has 0 aromatic heterocycles. The van der Waals surface area contributed by atoms with Crippen molar-refractivity contribution >= 4 is 17.9 Å². The van der Waals surface area contributed by atoms with Crippen molar-refractivity contribution < 1.29 is 33.3 Å². The van der Waals surface area contributed by atoms with Gasteiger partial charge in [0.25, 0.3) is 0 Å². The lowest BCUT2D eigenvalue weighted by Crippen LogP contribution is -2.51. The molecule has 7 heteroatoms. The number of hydrogen-bond donors (Lipinski definition) is 0. The molecule has 0 bridgehead atoms. The van der Waals surface area contributed by atoms with Gasteiger partial charge in [0, 0.05) is 20.8 Å². The van der Waals surface area contributed by atoms with Gasteiger partial charge in [-0.3, -0.25) is 14.4 Å². The first-order valence-corrected chi connectivity index (χ1v) is 5.96. The molecule has 0 aromatic carbocycles. The van der Waals surface area contributed by atoms with Gasteiger partial charge in [-0.05, 0) is 6.92 Å². The Balaban J connectivity index is 2.77. The maximum atomic E-state index is 11.1. The fourth-order valence-electron chi connectivity index (χ4n) is 1.95. The molecule has 1 fully saturated rings. The lowest BCUT2D eigenvalue weighted by atomic mass is 10.0. The summed E-state index contributed by atoms with van der Waals surface area (Å²) in [7, 11) is 0. The van der Waals surface area contributed by atoms with Crippen molar-refractivity contribution in [3.05, 3.63) is 0 Å². The molecule has 1 aliphatic heterocycles. The summed E-state index contributed by atoms with van der Waals surface area (Å²) >= 11 is 0. The second-order valence-corrected chi connectivity index (χ2v) is 4.34. The summed E-state index contributed by atoms with van der Waals surface area (Å²) in [6.45, 7) is 5.42. The molecular formula is C12H18O7. The van der Waals surface area contributed by atoms with E-state index in [9.17, 15) is 14.4 Å². The minimum Gasteiger partial charge on any atom is -0.458 e. The number of carbonyl (C=O) groups excluding carboxylic acids is 3. The van der Waals surface area contributed by atoms with Gasteiger partial charge in [0.2, 0.25) is 6.29 Å². The van der Waals surface area contributed by atoms with E-state index in [0.29, 0.717) is 0 Å². The summed E-state index contributed by atoms with van der Waals surface area (Å²) in [6.07, 6.45) is -2.65. The lowest BCUT2D eigenvalue weighted by molar-refractivity contribution is -0.250. The highest BCUT2D eigenvalue weighted by molar-refractivity contribution is 5.67. The largest absolute Gasteiger partial charge is 0.458 e. The molecule has 0 saturated carbocycles. The average Bonchev–Trinajstić information content (AvgIpc) is 2.21. The van der Waals surface area contributed by atoms with Gasteiger partial charge < -0.3 is 18.9 Å². The molecule has 19 heavy (non-hydrogen) atoms. The monoisotopic (exact) mass is 274 g/mol. The van der Waals surface area contributed by atoms with Crippen molar-refractivity contribution in [3.8, 4) is 0 Å². The van der Waals surface area contributed by atoms with E-state index in [-0.39, 0.29) is 6.42 Å². The molecule has 0 N–H and O–H groups in total. The van der Waals surface area contributed by atoms with Crippen LogP contribution in [0.15, 0.2) is 0 Å². The third kappa shape index (κ3) is 4.86. The zero-order valence-electron chi connectivity index (χ0n) is 11.4. The van der Waals surface area contributed by atoms with E-state index >= 15 is 0 Å². The predicted octanol–water partition coefficient (Wildman–Crippen LogP) is 0.548. The van der Waals surface area contributed by atoms with Crippen molar-refractivity contribution in [2.75, 3.05) is 0 Å². The summed E-state index contributed by atoms with van der Waals surface area (Å²) in [4.78, 5) is 33.0. The molecule has 1 rings (SSSR count). The number of esters is 3. The molecule has 4 atom stereocenters. The van der Waals surface area contributed by atoms with Crippen molar-refractivity contribution in [3.63, 3.8) is 0 Å². The van der Waals surface area contributed by atoms with Gasteiger partial charge in [-0.15, -0.1) is 0 Å². The molecule has 0 amide bonds. The molecule has 2 unspecified atom stereocenters. The van der Waals surface area contributed by atoms with E-state index in [0.717, 1.165) is 0 Å². The van der Waals surface area contributed by atoms with Crippen LogP contribution in [-0.2, 0) is 33.3 Å². The Kier molecular flexibility index (Phi) is 5.29. The zero-order chi connectivity index (χ0) is 14.6. The summed E-state index contributed by atoms with van der Waals surface area (Å²) in [6, 6.07) is 0. The van der Waals surface area contributed by atoms with E-state index in [4.69, 9.17) is 18.9 Å². The van der Waals surface area contributed by atoms with Gasteiger partial charge in [-0.25, -0.2) is 0 Å². The SMILES string of the molecule is CC(=O)OC1C(C)O[C@@H](OC(C)=O)C[C@H]1OC(C)=O. The standard InChI is InChI=1S/C12H18O7/c1-6-12(19-9(4)15)10(17-7(2)13)5-11(16-6)18-8(3)14/h6,10-12H,5H2,1-4H3/t6?,10-,11+,12?/m1/s1. The topological polar surface area (TPSA) is 88.1 Å². The Morgan fingerprint density at radius 3 is 1.95 bits per heavy atom. The highest BCUT2D eigenvalue weighted by Crippen LogP contribution is 2.26. The molecule has 1 aliphatic rings. The van der Waals surface area contributed by atoms with Crippen LogP contribution in [0.1, 0.15) is 34.1 Å². The molecule has 0 aromatic rings. The summed E-state index contributed by atoms with van der Waals surface area (Å²) in [5.41, 5.74) is 0. The number of hydrogen-bond acceptors (Lipinski definition) is 7. The smallest absolute Gasteiger partial charge is 0.304 e. The molecule has 7 nitrogen and oxygen atoms in total. The lowest BCUT2D eigenvalue weighted by Gasteiger charge is -2.38. The molecule has 0 spiro atoms. The number of ether oxygens (including phenoxy) is 4. The zero-order valence-corrected chi connectivity index (χ0v) is 11.4. The second-order valence-electron chi connectivity index (χ2n) is 4.34. The number of rotatable bonds is 3. The van der Waals surface area contributed by atoms with E-state index in [1.54, 1.807) is 6.92 Å². The van der Waals surface area contributed by atoms with Crippen LogP contribution in [0.25, 0.3) is 0 Å². The highest BCUT2D eigenvalue weighted by atomic mass is 16.7. The fraction of sp³-hybridized carbons (Fsp3) is 0.750. The van der Waals surface area contributed by atoms with Gasteiger partial charge in [0.15, 0.2) is 6.10 Å². The molecular weight excluding hydrogens is 256 g/mol. The van der Waals surface area contributed by atoms with Gasteiger partial charge in [-0.2, -0.15) is 0 Å². The molecule has 1 heterocycles. The second kappa shape index (κ2) is 6.51. The summed E-state index contributed by atoms with van der Waals surface area (Å²) in [5, 5.41) is 0. The van der Waals surface area contributed by atoms with E-state index in [1.807, 2.05) is 0 Å². The van der Waals surface area contributed by atoms with Crippen molar-refractivity contribution in [2.24, 2.45) is 0 Å². The van der Waals surface area contributed by atoms with Crippen LogP contribution in [-0.4, -0.2) is 42.5 Å². The minimum absolute atomic E-state index is 0.126. The first-order chi connectivity index (χ1) is 8.79. The van der Waals surface area contributed by atoms with E-state index in [1.165, 1.54) is 20.8 Å². The van der Waals surface area contributed by atoms with Crippen LogP contribution >= 0.6 is 0 Å². The Morgan fingerprint density at radius 1 is 0.947 bits per heavy atom. The van der Waals surface area contributed by atoms with Crippen LogP contribution in [0.2, 0.25) is 0 Å². The minimum atomic E-state index is -0.816. The van der Waals surface area contributed by atoms with Crippen LogP contribution < -0.4 is 0 Å². The Bertz CT molecular complexity index is 365. The Labute approximate surface area is 111 Å². The molecule has 108 valence electrons. The van der Waals surface area contributed by atoms with Crippen LogP contribution in [0.4, 0.5) is 0 Å². The summed E-state index contributed by atoms with van der Waals surface area (Å²) < 4.78 is 20.5.